The topological polar surface area (TPSA) is 147 Å². The fourth-order valence-corrected chi connectivity index (χ4v) is 5.62. The molecule has 0 saturated carbocycles. The molecule has 13 heteroatoms. The molecule has 41 heavy (non-hydrogen) atoms. The van der Waals surface area contributed by atoms with E-state index in [0.717, 1.165) is 17.7 Å². The van der Waals surface area contributed by atoms with Crippen LogP contribution in [-0.2, 0) is 25.6 Å². The Morgan fingerprint density at radius 2 is 1.80 bits per heavy atom. The lowest BCUT2D eigenvalue weighted by Crippen LogP contribution is -2.49. The zero-order chi connectivity index (χ0) is 29.1. The lowest BCUT2D eigenvalue weighted by atomic mass is 10.0. The zero-order valence-corrected chi connectivity index (χ0v) is 22.6. The van der Waals surface area contributed by atoms with E-state index in [1.807, 2.05) is 0 Å². The molecule has 5 N–H and O–H groups in total. The van der Waals surface area contributed by atoms with Crippen molar-refractivity contribution in [2.75, 3.05) is 26.3 Å². The molecule has 2 fully saturated rings. The van der Waals surface area contributed by atoms with E-state index in [1.54, 1.807) is 11.4 Å². The first-order valence-electron chi connectivity index (χ1n) is 12.7. The van der Waals surface area contributed by atoms with Gasteiger partial charge in [-0.1, -0.05) is 12.1 Å². The number of nitrogens with one attached hydrogen (secondary N) is 3. The number of thiophene rings is 1. The molecule has 2 aromatic carbocycles. The van der Waals surface area contributed by atoms with Crippen LogP contribution in [0.25, 0.3) is 11.1 Å². The molecule has 10 nitrogen and oxygen atoms in total. The predicted octanol–water partition coefficient (Wildman–Crippen LogP) is 2.37. The summed E-state index contributed by atoms with van der Waals surface area (Å²) in [6.07, 6.45) is 0.141. The minimum Gasteiger partial charge on any atom is -0.383 e. The Kier molecular flexibility index (Phi) is 8.10. The number of likely N-dealkylation sites (tertiary alicyclic amines) is 1. The monoisotopic (exact) mass is 583 g/mol. The third-order valence-electron chi connectivity index (χ3n) is 6.90. The highest BCUT2D eigenvalue weighted by molar-refractivity contribution is 7.12. The number of hydrogen-bond acceptors (Lipinski definition) is 7. The van der Waals surface area contributed by atoms with Gasteiger partial charge in [-0.3, -0.25) is 19.8 Å². The van der Waals surface area contributed by atoms with Gasteiger partial charge < -0.3 is 30.7 Å². The van der Waals surface area contributed by atoms with E-state index in [4.69, 9.17) is 20.6 Å². The summed E-state index contributed by atoms with van der Waals surface area (Å²) >= 11 is 1.29. The van der Waals surface area contributed by atoms with E-state index < -0.39 is 41.2 Å². The molecule has 0 bridgehead atoms. The molecule has 2 aliphatic rings. The molecule has 3 heterocycles. The van der Waals surface area contributed by atoms with Crippen molar-refractivity contribution in [1.82, 2.24) is 15.5 Å². The second-order valence-electron chi connectivity index (χ2n) is 9.68. The third kappa shape index (κ3) is 6.26. The van der Waals surface area contributed by atoms with Crippen molar-refractivity contribution in [3.05, 3.63) is 81.5 Å². The summed E-state index contributed by atoms with van der Waals surface area (Å²) in [7, 11) is 0. The van der Waals surface area contributed by atoms with Crippen LogP contribution in [0.15, 0.2) is 53.9 Å². The predicted molar refractivity (Wildman–Crippen MR) is 146 cm³/mol. The average molecular weight is 584 g/mol. The standard InChI is InChI=1S/C28H27F2N5O5S/c29-19-5-6-20(21(30)10-19)17-1-3-18(4-2-17)26(37)34-13-24(36)35-15-28(39-7-8-40-28)11-22(35)27(38)33-12-16-9-23(25(31)32)41-14-16/h1-6,9-10,14,22H,7-8,11-13,15H2,(H3,31,32)(H,33,38)(H,34,37)/t22-/m0/s1. The van der Waals surface area contributed by atoms with Crippen molar-refractivity contribution in [2.24, 2.45) is 5.73 Å². The highest BCUT2D eigenvalue weighted by Gasteiger charge is 2.52. The van der Waals surface area contributed by atoms with Gasteiger partial charge in [0.15, 0.2) is 5.79 Å². The molecule has 3 amide bonds. The first kappa shape index (κ1) is 28.3. The Morgan fingerprint density at radius 3 is 2.46 bits per heavy atom. The molecule has 0 radical (unpaired) electrons. The number of nitrogens with two attached hydrogens (primary N) is 1. The van der Waals surface area contributed by atoms with Crippen LogP contribution in [0.3, 0.4) is 0 Å². The van der Waals surface area contributed by atoms with Gasteiger partial charge >= 0.3 is 0 Å². The zero-order valence-electron chi connectivity index (χ0n) is 21.7. The fraction of sp³-hybridized carbons (Fsp3) is 0.286. The van der Waals surface area contributed by atoms with E-state index in [0.29, 0.717) is 23.7 Å². The van der Waals surface area contributed by atoms with Crippen LogP contribution in [0.5, 0.6) is 0 Å². The van der Waals surface area contributed by atoms with Gasteiger partial charge in [0.05, 0.1) is 31.2 Å². The van der Waals surface area contributed by atoms with Gasteiger partial charge in [0.1, 0.15) is 23.5 Å². The van der Waals surface area contributed by atoms with Gasteiger partial charge in [-0.15, -0.1) is 11.3 Å². The van der Waals surface area contributed by atoms with Crippen molar-refractivity contribution >= 4 is 34.9 Å². The Morgan fingerprint density at radius 1 is 1.07 bits per heavy atom. The highest BCUT2D eigenvalue weighted by Crippen LogP contribution is 2.35. The third-order valence-corrected chi connectivity index (χ3v) is 7.92. The molecule has 2 aliphatic heterocycles. The van der Waals surface area contributed by atoms with Crippen molar-refractivity contribution in [2.45, 2.75) is 24.8 Å². The first-order chi connectivity index (χ1) is 19.6. The first-order valence-corrected chi connectivity index (χ1v) is 13.6. The van der Waals surface area contributed by atoms with E-state index in [2.05, 4.69) is 10.6 Å². The van der Waals surface area contributed by atoms with Crippen LogP contribution in [0.1, 0.15) is 27.2 Å². The number of halogens is 2. The lowest BCUT2D eigenvalue weighted by Gasteiger charge is -2.24. The summed E-state index contributed by atoms with van der Waals surface area (Å²) in [5, 5.41) is 14.7. The molecule has 5 rings (SSSR count). The Bertz CT molecular complexity index is 1490. The van der Waals surface area contributed by atoms with E-state index in [9.17, 15) is 23.2 Å². The molecule has 3 aromatic rings. The minimum atomic E-state index is -1.09. The summed E-state index contributed by atoms with van der Waals surface area (Å²) in [6.45, 7) is 0.524. The largest absolute Gasteiger partial charge is 0.383 e. The average Bonchev–Trinajstić information content (AvgIpc) is 3.71. The fourth-order valence-electron chi connectivity index (χ4n) is 4.84. The molecule has 1 spiro atoms. The maximum absolute atomic E-state index is 14.1. The van der Waals surface area contributed by atoms with Crippen molar-refractivity contribution in [3.8, 4) is 11.1 Å². The van der Waals surface area contributed by atoms with Gasteiger partial charge in [-0.05, 0) is 46.8 Å². The number of amides is 3. The van der Waals surface area contributed by atoms with Gasteiger partial charge in [-0.25, -0.2) is 8.78 Å². The molecule has 1 aromatic heterocycles. The number of rotatable bonds is 8. The van der Waals surface area contributed by atoms with Crippen LogP contribution in [-0.4, -0.2) is 66.6 Å². The van der Waals surface area contributed by atoms with Crippen molar-refractivity contribution < 1.29 is 32.6 Å². The number of carbonyl (C=O) groups is 3. The summed E-state index contributed by atoms with van der Waals surface area (Å²) in [5.41, 5.74) is 7.17. The smallest absolute Gasteiger partial charge is 0.251 e. The van der Waals surface area contributed by atoms with Crippen molar-refractivity contribution in [1.29, 1.82) is 5.41 Å². The minimum absolute atomic E-state index is 0.0324. The quantitative estimate of drug-likeness (QED) is 0.237. The number of nitrogens with zero attached hydrogens (tertiary/aromatic N) is 1. The molecular weight excluding hydrogens is 556 g/mol. The molecule has 1 atom stereocenters. The van der Waals surface area contributed by atoms with E-state index >= 15 is 0 Å². The normalized spacial score (nSPS) is 17.5. The van der Waals surface area contributed by atoms with E-state index in [-0.39, 0.29) is 43.0 Å². The van der Waals surface area contributed by atoms with E-state index in [1.165, 1.54) is 46.6 Å². The van der Waals surface area contributed by atoms with Gasteiger partial charge in [-0.2, -0.15) is 0 Å². The maximum atomic E-state index is 14.1. The number of benzene rings is 2. The SMILES string of the molecule is N=C(N)c1cc(CNC(=O)[C@@H]2CC3(CN2C(=O)CNC(=O)c2ccc(-c4ccc(F)cc4F)cc2)OCCO3)cs1. The van der Waals surface area contributed by atoms with Crippen molar-refractivity contribution in [3.63, 3.8) is 0 Å². The number of hydrogen-bond donors (Lipinski definition) is 4. The highest BCUT2D eigenvalue weighted by atomic mass is 32.1. The molecule has 214 valence electrons. The number of nitrogen functional groups attached to an aromatic ring is 1. The maximum Gasteiger partial charge on any atom is 0.251 e. The van der Waals surface area contributed by atoms with Crippen LogP contribution in [0, 0.1) is 17.0 Å². The van der Waals surface area contributed by atoms with Gasteiger partial charge in [0.25, 0.3) is 5.91 Å². The summed E-state index contributed by atoms with van der Waals surface area (Å²) in [5.74, 6) is -3.98. The van der Waals surface area contributed by atoms with Crippen LogP contribution >= 0.6 is 11.3 Å². The Labute approximate surface area is 237 Å². The summed E-state index contributed by atoms with van der Waals surface area (Å²) in [6, 6.07) is 10.1. The molecule has 0 unspecified atom stereocenters. The number of amidine groups is 1. The molecule has 0 aliphatic carbocycles. The Balaban J connectivity index is 1.21. The molecular formula is C28H27F2N5O5S. The second kappa shape index (κ2) is 11.7. The second-order valence-corrected chi connectivity index (χ2v) is 10.6. The van der Waals surface area contributed by atoms with Gasteiger partial charge in [0.2, 0.25) is 11.8 Å². The van der Waals surface area contributed by atoms with Crippen LogP contribution in [0.4, 0.5) is 8.78 Å². The number of ether oxygens (including phenoxy) is 2. The lowest BCUT2D eigenvalue weighted by molar-refractivity contribution is -0.152. The Hall–Kier alpha value is -4.20. The number of carbonyl (C=O) groups excluding carboxylic acids is 3. The van der Waals surface area contributed by atoms with Gasteiger partial charge in [0, 0.05) is 30.2 Å². The van der Waals surface area contributed by atoms with Crippen LogP contribution < -0.4 is 16.4 Å². The molecule has 2 saturated heterocycles. The van der Waals surface area contributed by atoms with Crippen LogP contribution in [0.2, 0.25) is 0 Å². The summed E-state index contributed by atoms with van der Waals surface area (Å²) in [4.78, 5) is 41.0. The summed E-state index contributed by atoms with van der Waals surface area (Å²) < 4.78 is 38.8.